The lowest BCUT2D eigenvalue weighted by Gasteiger charge is -2.08. The van der Waals surface area contributed by atoms with Gasteiger partial charge in [0.2, 0.25) is 0 Å². The minimum Gasteiger partial charge on any atom is -0.493 e. The van der Waals surface area contributed by atoms with Crippen LogP contribution in [0.25, 0.3) is 0 Å². The molecule has 15 heavy (non-hydrogen) atoms. The number of nitrogens with two attached hydrogens (primary N) is 1. The van der Waals surface area contributed by atoms with Crippen molar-refractivity contribution in [2.75, 3.05) is 7.11 Å². The van der Waals surface area contributed by atoms with E-state index in [2.05, 4.69) is 5.10 Å². The van der Waals surface area contributed by atoms with Crippen molar-refractivity contribution in [1.82, 2.24) is 9.78 Å². The van der Waals surface area contributed by atoms with Crippen molar-refractivity contribution < 1.29 is 9.53 Å². The quantitative estimate of drug-likeness (QED) is 0.729. The van der Waals surface area contributed by atoms with Gasteiger partial charge in [-0.1, -0.05) is 6.92 Å². The first-order valence-electron chi connectivity index (χ1n) is 4.94. The lowest BCUT2D eigenvalue weighted by molar-refractivity contribution is 0.0961. The fourth-order valence-electron chi connectivity index (χ4n) is 1.36. The number of aryl methyl sites for hydroxylation is 1. The van der Waals surface area contributed by atoms with Crippen LogP contribution in [0.2, 0.25) is 0 Å². The Morgan fingerprint density at radius 1 is 1.73 bits per heavy atom. The summed E-state index contributed by atoms with van der Waals surface area (Å²) in [7, 11) is 3.24. The number of nitrogens with zero attached hydrogens (tertiary/aromatic N) is 2. The molecule has 0 saturated heterocycles. The number of ketones is 1. The molecule has 1 aromatic rings. The van der Waals surface area contributed by atoms with Gasteiger partial charge in [-0.25, -0.2) is 0 Å². The molecule has 1 unspecified atom stereocenters. The smallest absolute Gasteiger partial charge is 0.186 e. The molecule has 1 heterocycles. The molecule has 5 heteroatoms. The number of hydrogen-bond acceptors (Lipinski definition) is 4. The highest BCUT2D eigenvalue weighted by atomic mass is 16.5. The average molecular weight is 211 g/mol. The number of hydrogen-bond donors (Lipinski definition) is 1. The lowest BCUT2D eigenvalue weighted by atomic mass is 10.1. The van der Waals surface area contributed by atoms with Gasteiger partial charge in [-0.15, -0.1) is 0 Å². The molecule has 1 rings (SSSR count). The molecular weight excluding hydrogens is 194 g/mol. The number of rotatable bonds is 5. The first-order chi connectivity index (χ1) is 7.10. The zero-order valence-corrected chi connectivity index (χ0v) is 9.36. The maximum absolute atomic E-state index is 11.9. The van der Waals surface area contributed by atoms with Gasteiger partial charge in [0, 0.05) is 19.5 Å². The molecule has 5 nitrogen and oxygen atoms in total. The Labute approximate surface area is 89.2 Å². The number of ether oxygens (including phenoxy) is 1. The van der Waals surface area contributed by atoms with Crippen LogP contribution in [0.5, 0.6) is 5.75 Å². The van der Waals surface area contributed by atoms with Crippen molar-refractivity contribution in [2.24, 2.45) is 12.8 Å². The molecule has 0 radical (unpaired) electrons. The predicted molar refractivity (Wildman–Crippen MR) is 57.0 cm³/mol. The van der Waals surface area contributed by atoms with Crippen molar-refractivity contribution in [3.05, 3.63) is 11.9 Å². The van der Waals surface area contributed by atoms with Crippen LogP contribution in [0, 0.1) is 0 Å². The zero-order valence-electron chi connectivity index (χ0n) is 9.36. The van der Waals surface area contributed by atoms with Crippen LogP contribution in [0.3, 0.4) is 0 Å². The maximum atomic E-state index is 11.9. The molecule has 0 amide bonds. The average Bonchev–Trinajstić information content (AvgIpc) is 2.59. The monoisotopic (exact) mass is 211 g/mol. The number of Topliss-reactive ketones (excluding diaryl/α,β-unsaturated/α-hetero) is 1. The summed E-state index contributed by atoms with van der Waals surface area (Å²) in [6.45, 7) is 1.96. The second-order valence-corrected chi connectivity index (χ2v) is 3.48. The summed E-state index contributed by atoms with van der Waals surface area (Å²) in [6, 6.07) is -0.0999. The van der Waals surface area contributed by atoms with Gasteiger partial charge in [0.15, 0.2) is 11.5 Å². The minimum absolute atomic E-state index is 0.0267. The Bertz CT molecular complexity index is 346. The molecular formula is C10H17N3O2. The van der Waals surface area contributed by atoms with Gasteiger partial charge in [-0.2, -0.15) is 5.10 Å². The highest BCUT2D eigenvalue weighted by molar-refractivity contribution is 5.97. The standard InChI is InChI=1S/C10H17N3O2/c1-4-7(11)5-8(14)10-9(15-3)6-12-13(10)2/h6-7H,4-5,11H2,1-3H3. The highest BCUT2D eigenvalue weighted by Gasteiger charge is 2.19. The van der Waals surface area contributed by atoms with E-state index in [9.17, 15) is 4.79 Å². The number of carbonyl (C=O) groups is 1. The highest BCUT2D eigenvalue weighted by Crippen LogP contribution is 2.18. The Kier molecular flexibility index (Phi) is 3.85. The van der Waals surface area contributed by atoms with E-state index in [1.165, 1.54) is 18.0 Å². The Morgan fingerprint density at radius 2 is 2.40 bits per heavy atom. The third kappa shape index (κ3) is 2.56. The molecule has 0 spiro atoms. The Balaban J connectivity index is 2.85. The van der Waals surface area contributed by atoms with Crippen LogP contribution in [0.4, 0.5) is 0 Å². The number of aromatic nitrogens is 2. The normalized spacial score (nSPS) is 12.5. The number of carbonyl (C=O) groups excluding carboxylic acids is 1. The second-order valence-electron chi connectivity index (χ2n) is 3.48. The van der Waals surface area contributed by atoms with Crippen molar-refractivity contribution in [2.45, 2.75) is 25.8 Å². The van der Waals surface area contributed by atoms with E-state index in [4.69, 9.17) is 10.5 Å². The molecule has 0 bridgehead atoms. The summed E-state index contributed by atoms with van der Waals surface area (Å²) in [6.07, 6.45) is 2.64. The van der Waals surface area contributed by atoms with Gasteiger partial charge >= 0.3 is 0 Å². The number of methoxy groups -OCH3 is 1. The van der Waals surface area contributed by atoms with Crippen LogP contribution in [0.1, 0.15) is 30.3 Å². The van der Waals surface area contributed by atoms with Crippen LogP contribution >= 0.6 is 0 Å². The van der Waals surface area contributed by atoms with E-state index < -0.39 is 0 Å². The van der Waals surface area contributed by atoms with Gasteiger partial charge < -0.3 is 10.5 Å². The summed E-state index contributed by atoms with van der Waals surface area (Å²) < 4.78 is 6.57. The third-order valence-corrected chi connectivity index (χ3v) is 2.36. The molecule has 0 aliphatic carbocycles. The van der Waals surface area contributed by atoms with Gasteiger partial charge in [-0.3, -0.25) is 9.48 Å². The second kappa shape index (κ2) is 4.93. The van der Waals surface area contributed by atoms with E-state index in [-0.39, 0.29) is 11.8 Å². The third-order valence-electron chi connectivity index (χ3n) is 2.36. The Hall–Kier alpha value is -1.36. The van der Waals surface area contributed by atoms with Gasteiger partial charge in [0.1, 0.15) is 5.69 Å². The summed E-state index contributed by atoms with van der Waals surface area (Å²) >= 11 is 0. The van der Waals surface area contributed by atoms with E-state index >= 15 is 0 Å². The van der Waals surface area contributed by atoms with Crippen LogP contribution in [-0.4, -0.2) is 28.7 Å². The van der Waals surface area contributed by atoms with E-state index in [1.54, 1.807) is 7.05 Å². The molecule has 1 aromatic heterocycles. The van der Waals surface area contributed by atoms with Crippen LogP contribution in [-0.2, 0) is 7.05 Å². The summed E-state index contributed by atoms with van der Waals surface area (Å²) in [4.78, 5) is 11.9. The van der Waals surface area contributed by atoms with Crippen molar-refractivity contribution in [3.8, 4) is 5.75 Å². The minimum atomic E-state index is -0.0999. The summed E-state index contributed by atoms with van der Waals surface area (Å²) in [5.74, 6) is 0.479. The van der Waals surface area contributed by atoms with E-state index in [1.807, 2.05) is 6.92 Å². The fraction of sp³-hybridized carbons (Fsp3) is 0.600. The predicted octanol–water partition coefficient (Wildman–Crippen LogP) is 0.739. The van der Waals surface area contributed by atoms with Gasteiger partial charge in [0.25, 0.3) is 0 Å². The molecule has 2 N–H and O–H groups in total. The molecule has 0 fully saturated rings. The molecule has 0 aromatic carbocycles. The van der Waals surface area contributed by atoms with Crippen LogP contribution in [0.15, 0.2) is 6.20 Å². The van der Waals surface area contributed by atoms with Crippen LogP contribution < -0.4 is 10.5 Å². The lowest BCUT2D eigenvalue weighted by Crippen LogP contribution is -2.24. The maximum Gasteiger partial charge on any atom is 0.186 e. The fourth-order valence-corrected chi connectivity index (χ4v) is 1.36. The Morgan fingerprint density at radius 3 is 2.93 bits per heavy atom. The molecule has 0 aliphatic rings. The zero-order chi connectivity index (χ0) is 11.4. The van der Waals surface area contributed by atoms with E-state index in [0.717, 1.165) is 6.42 Å². The van der Waals surface area contributed by atoms with Gasteiger partial charge in [0.05, 0.1) is 13.3 Å². The molecule has 0 aliphatic heterocycles. The van der Waals surface area contributed by atoms with Crippen molar-refractivity contribution in [1.29, 1.82) is 0 Å². The van der Waals surface area contributed by atoms with Crippen molar-refractivity contribution >= 4 is 5.78 Å². The summed E-state index contributed by atoms with van der Waals surface area (Å²) in [5.41, 5.74) is 6.22. The largest absolute Gasteiger partial charge is 0.493 e. The first-order valence-corrected chi connectivity index (χ1v) is 4.94. The molecule has 0 saturated carbocycles. The molecule has 1 atom stereocenters. The van der Waals surface area contributed by atoms with Gasteiger partial charge in [-0.05, 0) is 6.42 Å². The van der Waals surface area contributed by atoms with Crippen molar-refractivity contribution in [3.63, 3.8) is 0 Å². The SMILES string of the molecule is CCC(N)CC(=O)c1c(OC)cnn1C. The topological polar surface area (TPSA) is 70.1 Å². The summed E-state index contributed by atoms with van der Waals surface area (Å²) in [5, 5.41) is 3.97. The van der Waals surface area contributed by atoms with E-state index in [0.29, 0.717) is 17.9 Å². The molecule has 84 valence electrons. The first kappa shape index (κ1) is 11.7.